The van der Waals surface area contributed by atoms with Gasteiger partial charge in [-0.05, 0) is 43.0 Å². The van der Waals surface area contributed by atoms with Crippen molar-refractivity contribution in [2.45, 2.75) is 44.0 Å². The number of aliphatic hydroxyl groups excluding tert-OH is 1. The zero-order valence-corrected chi connectivity index (χ0v) is 18.7. The summed E-state index contributed by atoms with van der Waals surface area (Å²) < 4.78 is 0. The monoisotopic (exact) mass is 470 g/mol. The smallest absolute Gasteiger partial charge is 0.326 e. The van der Waals surface area contributed by atoms with E-state index in [0.717, 1.165) is 0 Å². The van der Waals surface area contributed by atoms with Crippen LogP contribution in [0.3, 0.4) is 0 Å². The molecule has 11 nitrogen and oxygen atoms in total. The molecule has 0 aromatic heterocycles. The molecule has 0 saturated carbocycles. The van der Waals surface area contributed by atoms with Gasteiger partial charge in [0.15, 0.2) is 0 Å². The van der Waals surface area contributed by atoms with Gasteiger partial charge in [0.1, 0.15) is 23.9 Å². The molecule has 0 bridgehead atoms. The Bertz CT molecular complexity index is 789. The van der Waals surface area contributed by atoms with E-state index in [1.807, 2.05) is 6.26 Å². The molecule has 8 N–H and O–H groups in total. The summed E-state index contributed by atoms with van der Waals surface area (Å²) in [6.07, 6.45) is 0.715. The molecule has 1 aromatic rings. The van der Waals surface area contributed by atoms with Crippen LogP contribution in [0.15, 0.2) is 24.3 Å². The van der Waals surface area contributed by atoms with E-state index in [-0.39, 0.29) is 25.1 Å². The maximum Gasteiger partial charge on any atom is 0.326 e. The molecule has 0 heterocycles. The van der Waals surface area contributed by atoms with Gasteiger partial charge in [-0.3, -0.25) is 14.4 Å². The van der Waals surface area contributed by atoms with Crippen LogP contribution in [0.1, 0.15) is 18.9 Å². The van der Waals surface area contributed by atoms with Gasteiger partial charge in [0.05, 0.1) is 12.6 Å². The van der Waals surface area contributed by atoms with Crippen LogP contribution in [-0.2, 0) is 25.6 Å². The molecular formula is C20H30N4O7S. The zero-order chi connectivity index (χ0) is 24.3. The predicted octanol–water partition coefficient (Wildman–Crippen LogP) is -1.43. The molecule has 0 spiro atoms. The van der Waals surface area contributed by atoms with Crippen molar-refractivity contribution in [3.05, 3.63) is 29.8 Å². The van der Waals surface area contributed by atoms with Gasteiger partial charge in [0, 0.05) is 6.42 Å². The van der Waals surface area contributed by atoms with Gasteiger partial charge < -0.3 is 37.0 Å². The van der Waals surface area contributed by atoms with Crippen molar-refractivity contribution in [3.63, 3.8) is 0 Å². The van der Waals surface area contributed by atoms with Gasteiger partial charge in [-0.25, -0.2) is 4.79 Å². The van der Waals surface area contributed by atoms with Gasteiger partial charge in [0.25, 0.3) is 0 Å². The lowest BCUT2D eigenvalue weighted by molar-refractivity contribution is -0.142. The summed E-state index contributed by atoms with van der Waals surface area (Å²) >= 11 is 1.43. The summed E-state index contributed by atoms with van der Waals surface area (Å²) in [6, 6.07) is 2.20. The lowest BCUT2D eigenvalue weighted by Gasteiger charge is -2.25. The van der Waals surface area contributed by atoms with Crippen molar-refractivity contribution >= 4 is 35.5 Å². The number of phenols is 1. The van der Waals surface area contributed by atoms with Crippen LogP contribution in [0.25, 0.3) is 0 Å². The summed E-state index contributed by atoms with van der Waals surface area (Å²) in [5, 5.41) is 35.9. The third-order valence-electron chi connectivity index (χ3n) is 4.50. The fourth-order valence-electron chi connectivity index (χ4n) is 2.74. The average Bonchev–Trinajstić information content (AvgIpc) is 2.74. The molecule has 0 aliphatic heterocycles. The fourth-order valence-corrected chi connectivity index (χ4v) is 3.22. The zero-order valence-electron chi connectivity index (χ0n) is 17.9. The lowest BCUT2D eigenvalue weighted by Crippen LogP contribution is -2.59. The third kappa shape index (κ3) is 9.12. The number of thioether (sulfide) groups is 1. The van der Waals surface area contributed by atoms with E-state index in [1.165, 1.54) is 43.0 Å². The van der Waals surface area contributed by atoms with Gasteiger partial charge in [-0.1, -0.05) is 12.1 Å². The molecular weight excluding hydrogens is 440 g/mol. The molecule has 1 rings (SSSR count). The molecule has 0 saturated heterocycles. The van der Waals surface area contributed by atoms with Crippen molar-refractivity contribution in [1.82, 2.24) is 16.0 Å². The number of aromatic hydroxyl groups is 1. The van der Waals surface area contributed by atoms with E-state index in [9.17, 15) is 34.5 Å². The van der Waals surface area contributed by atoms with E-state index in [1.54, 1.807) is 0 Å². The second-order valence-electron chi connectivity index (χ2n) is 7.10. The molecule has 0 radical (unpaired) electrons. The van der Waals surface area contributed by atoms with E-state index in [4.69, 9.17) is 5.73 Å². The Morgan fingerprint density at radius 1 is 1.03 bits per heavy atom. The molecule has 0 aliphatic rings. The van der Waals surface area contributed by atoms with Crippen molar-refractivity contribution in [2.24, 2.45) is 5.73 Å². The van der Waals surface area contributed by atoms with Crippen molar-refractivity contribution in [3.8, 4) is 5.75 Å². The van der Waals surface area contributed by atoms with Crippen LogP contribution < -0.4 is 21.7 Å². The molecule has 178 valence electrons. The summed E-state index contributed by atoms with van der Waals surface area (Å²) in [5.41, 5.74) is 5.81. The van der Waals surface area contributed by atoms with E-state index in [0.29, 0.717) is 11.3 Å². The van der Waals surface area contributed by atoms with Crippen molar-refractivity contribution in [1.29, 1.82) is 0 Å². The number of carboxylic acid groups (broad SMARTS) is 1. The minimum Gasteiger partial charge on any atom is -0.508 e. The van der Waals surface area contributed by atoms with Gasteiger partial charge in [-0.15, -0.1) is 0 Å². The number of hydrogen-bond donors (Lipinski definition) is 7. The molecule has 0 fully saturated rings. The minimum atomic E-state index is -1.33. The van der Waals surface area contributed by atoms with Crippen LogP contribution >= 0.6 is 11.8 Å². The number of hydrogen-bond acceptors (Lipinski definition) is 8. The number of carbonyl (C=O) groups is 4. The highest BCUT2D eigenvalue weighted by atomic mass is 32.2. The Kier molecular flexibility index (Phi) is 11.5. The molecule has 32 heavy (non-hydrogen) atoms. The number of phenolic OH excluding ortho intramolecular Hbond substituents is 1. The number of aliphatic carboxylic acids is 1. The first-order chi connectivity index (χ1) is 15.1. The quantitative estimate of drug-likeness (QED) is 0.181. The van der Waals surface area contributed by atoms with Crippen LogP contribution in [0.5, 0.6) is 5.75 Å². The number of nitrogens with two attached hydrogens (primary N) is 1. The number of rotatable bonds is 13. The second kappa shape index (κ2) is 13.6. The highest BCUT2D eigenvalue weighted by Gasteiger charge is 2.31. The van der Waals surface area contributed by atoms with Gasteiger partial charge in [-0.2, -0.15) is 11.8 Å². The summed E-state index contributed by atoms with van der Waals surface area (Å²) in [5.74, 6) is -2.92. The molecule has 4 atom stereocenters. The Morgan fingerprint density at radius 3 is 2.12 bits per heavy atom. The normalized spacial score (nSPS) is 14.5. The first-order valence-corrected chi connectivity index (χ1v) is 11.3. The Labute approximate surface area is 190 Å². The Morgan fingerprint density at radius 2 is 1.62 bits per heavy atom. The number of carboxylic acids is 1. The maximum absolute atomic E-state index is 12.8. The summed E-state index contributed by atoms with van der Waals surface area (Å²) in [4.78, 5) is 48.6. The van der Waals surface area contributed by atoms with Crippen molar-refractivity contribution < 1.29 is 34.5 Å². The topological polar surface area (TPSA) is 191 Å². The van der Waals surface area contributed by atoms with E-state index >= 15 is 0 Å². The highest BCUT2D eigenvalue weighted by molar-refractivity contribution is 7.98. The van der Waals surface area contributed by atoms with Gasteiger partial charge in [0.2, 0.25) is 17.7 Å². The number of benzene rings is 1. The maximum atomic E-state index is 12.8. The summed E-state index contributed by atoms with van der Waals surface area (Å²) in [6.45, 7) is 0.917. The van der Waals surface area contributed by atoms with Crippen LogP contribution in [-0.4, -0.2) is 81.8 Å². The molecule has 4 unspecified atom stereocenters. The fraction of sp³-hybridized carbons (Fsp3) is 0.500. The van der Waals surface area contributed by atoms with Crippen molar-refractivity contribution in [2.75, 3.05) is 18.6 Å². The molecule has 12 heteroatoms. The number of aliphatic hydroxyl groups is 1. The molecule has 3 amide bonds. The third-order valence-corrected chi connectivity index (χ3v) is 5.15. The van der Waals surface area contributed by atoms with Gasteiger partial charge >= 0.3 is 5.97 Å². The Hall–Kier alpha value is -2.83. The predicted molar refractivity (Wildman–Crippen MR) is 119 cm³/mol. The average molecular weight is 471 g/mol. The molecule has 0 aliphatic carbocycles. The van der Waals surface area contributed by atoms with E-state index < -0.39 is 47.9 Å². The SMILES string of the molecule is CSCCC(NC(=O)C(NC(=O)CN)C(C)O)C(=O)NC(Cc1ccc(O)cc1)C(=O)O. The van der Waals surface area contributed by atoms with Crippen LogP contribution in [0, 0.1) is 0 Å². The molecule has 1 aromatic carbocycles. The lowest BCUT2D eigenvalue weighted by atomic mass is 10.0. The van der Waals surface area contributed by atoms with Crippen LogP contribution in [0.4, 0.5) is 0 Å². The Balaban J connectivity index is 2.93. The largest absolute Gasteiger partial charge is 0.508 e. The minimum absolute atomic E-state index is 0.0268. The summed E-state index contributed by atoms with van der Waals surface area (Å²) in [7, 11) is 0. The van der Waals surface area contributed by atoms with Crippen LogP contribution in [0.2, 0.25) is 0 Å². The standard InChI is InChI=1S/C20H30N4O7S/c1-11(25)17(24-16(27)10-21)19(29)22-14(7-8-32-2)18(28)23-15(20(30)31)9-12-3-5-13(26)6-4-12/h3-6,11,14-15,17,25-26H,7-10,21H2,1-2H3,(H,22,29)(H,23,28)(H,24,27)(H,30,31). The number of carbonyl (C=O) groups excluding carboxylic acids is 3. The first kappa shape index (κ1) is 27.2. The second-order valence-corrected chi connectivity index (χ2v) is 8.09. The number of nitrogens with one attached hydrogen (secondary N) is 3. The van der Waals surface area contributed by atoms with E-state index in [2.05, 4.69) is 16.0 Å². The number of amides is 3. The first-order valence-electron chi connectivity index (χ1n) is 9.86. The highest BCUT2D eigenvalue weighted by Crippen LogP contribution is 2.12.